The van der Waals surface area contributed by atoms with Crippen LogP contribution in [0.15, 0.2) is 66.9 Å². The largest absolute Gasteiger partial charge is 0.508 e. The van der Waals surface area contributed by atoms with Crippen molar-refractivity contribution in [3.05, 3.63) is 83.6 Å². The monoisotopic (exact) mass is 481 g/mol. The average molecular weight is 481 g/mol. The number of phenols is 1. The van der Waals surface area contributed by atoms with Crippen molar-refractivity contribution in [3.63, 3.8) is 0 Å². The van der Waals surface area contributed by atoms with Crippen LogP contribution < -0.4 is 9.64 Å². The maximum Gasteiger partial charge on any atom is 0.417 e. The minimum absolute atomic E-state index is 0.161. The molecule has 6 nitrogen and oxygen atoms in total. The summed E-state index contributed by atoms with van der Waals surface area (Å²) in [6.45, 7) is 1.68. The fourth-order valence-electron chi connectivity index (χ4n) is 3.67. The quantitative estimate of drug-likeness (QED) is 0.566. The summed E-state index contributed by atoms with van der Waals surface area (Å²) in [6.07, 6.45) is -2.94. The first kappa shape index (κ1) is 24.0. The molecular formula is C26H22F3N3O3. The molecule has 1 aromatic heterocycles. The first-order chi connectivity index (χ1) is 16.8. The van der Waals surface area contributed by atoms with Crippen molar-refractivity contribution in [2.45, 2.75) is 6.18 Å². The number of aromatic nitrogens is 1. The standard InChI is InChI=1S/C26H22F3N3O3/c27-26(28,29)23-6-2-1-5-22(23)25(34)32-15-13-31(14-16-32)24-12-7-19(18-30-24)4-3-17-35-21-10-8-20(33)9-11-21/h1-2,5-12,18,33H,13-17H2. The second-order valence-corrected chi connectivity index (χ2v) is 7.81. The Balaban J connectivity index is 1.31. The molecule has 2 heterocycles. The van der Waals surface area contributed by atoms with Crippen molar-refractivity contribution < 1.29 is 27.8 Å². The molecule has 1 amide bonds. The van der Waals surface area contributed by atoms with Crippen LogP contribution in [0, 0.1) is 11.8 Å². The van der Waals surface area contributed by atoms with Gasteiger partial charge in [0.15, 0.2) is 0 Å². The normalized spacial score (nSPS) is 13.7. The number of aromatic hydroxyl groups is 1. The highest BCUT2D eigenvalue weighted by Crippen LogP contribution is 2.32. The van der Waals surface area contributed by atoms with E-state index in [4.69, 9.17) is 4.74 Å². The first-order valence-corrected chi connectivity index (χ1v) is 10.9. The van der Waals surface area contributed by atoms with E-state index in [1.807, 2.05) is 17.0 Å². The summed E-state index contributed by atoms with van der Waals surface area (Å²) in [5.74, 6) is 6.71. The molecular weight excluding hydrogens is 459 g/mol. The number of carbonyl (C=O) groups is 1. The van der Waals surface area contributed by atoms with E-state index in [0.717, 1.165) is 6.07 Å². The van der Waals surface area contributed by atoms with Gasteiger partial charge in [-0.3, -0.25) is 4.79 Å². The number of anilines is 1. The topological polar surface area (TPSA) is 65.9 Å². The Hall–Kier alpha value is -4.19. The van der Waals surface area contributed by atoms with Crippen molar-refractivity contribution in [1.29, 1.82) is 0 Å². The highest BCUT2D eigenvalue weighted by Gasteiger charge is 2.36. The molecule has 1 N–H and O–H groups in total. The van der Waals surface area contributed by atoms with Crippen LogP contribution in [-0.2, 0) is 6.18 Å². The number of rotatable bonds is 4. The molecule has 0 aliphatic carbocycles. The van der Waals surface area contributed by atoms with Gasteiger partial charge in [0.1, 0.15) is 23.9 Å². The Kier molecular flexibility index (Phi) is 7.11. The van der Waals surface area contributed by atoms with Gasteiger partial charge < -0.3 is 19.6 Å². The molecule has 0 unspecified atom stereocenters. The van der Waals surface area contributed by atoms with E-state index in [1.54, 1.807) is 18.3 Å². The van der Waals surface area contributed by atoms with Crippen molar-refractivity contribution >= 4 is 11.7 Å². The van der Waals surface area contributed by atoms with Gasteiger partial charge in [-0.2, -0.15) is 13.2 Å². The number of piperazine rings is 1. The molecule has 0 saturated carbocycles. The lowest BCUT2D eigenvalue weighted by Gasteiger charge is -2.35. The molecule has 1 fully saturated rings. The van der Waals surface area contributed by atoms with Gasteiger partial charge in [-0.15, -0.1) is 0 Å². The summed E-state index contributed by atoms with van der Waals surface area (Å²) < 4.78 is 45.3. The van der Waals surface area contributed by atoms with Gasteiger partial charge >= 0.3 is 6.18 Å². The summed E-state index contributed by atoms with van der Waals surface area (Å²) in [5, 5.41) is 9.27. The lowest BCUT2D eigenvalue weighted by molar-refractivity contribution is -0.138. The van der Waals surface area contributed by atoms with Crippen LogP contribution >= 0.6 is 0 Å². The van der Waals surface area contributed by atoms with E-state index >= 15 is 0 Å². The highest BCUT2D eigenvalue weighted by atomic mass is 19.4. The molecule has 0 atom stereocenters. The summed E-state index contributed by atoms with van der Waals surface area (Å²) in [7, 11) is 0. The highest BCUT2D eigenvalue weighted by molar-refractivity contribution is 5.96. The number of halogens is 3. The average Bonchev–Trinajstić information content (AvgIpc) is 2.87. The summed E-state index contributed by atoms with van der Waals surface area (Å²) >= 11 is 0. The minimum Gasteiger partial charge on any atom is -0.508 e. The van der Waals surface area contributed by atoms with Gasteiger partial charge in [-0.05, 0) is 48.5 Å². The third kappa shape index (κ3) is 6.03. The van der Waals surface area contributed by atoms with Gasteiger partial charge in [-0.25, -0.2) is 4.98 Å². The Labute approximate surface area is 200 Å². The Bertz CT molecular complexity index is 1220. The van der Waals surface area contributed by atoms with Gasteiger partial charge in [-0.1, -0.05) is 24.0 Å². The number of hydrogen-bond donors (Lipinski definition) is 1. The van der Waals surface area contributed by atoms with E-state index in [-0.39, 0.29) is 17.9 Å². The second-order valence-electron chi connectivity index (χ2n) is 7.81. The molecule has 35 heavy (non-hydrogen) atoms. The lowest BCUT2D eigenvalue weighted by atomic mass is 10.1. The third-order valence-corrected chi connectivity index (χ3v) is 5.48. The molecule has 180 valence electrons. The van der Waals surface area contributed by atoms with E-state index in [9.17, 15) is 23.1 Å². The van der Waals surface area contributed by atoms with E-state index < -0.39 is 17.6 Å². The molecule has 0 spiro atoms. The predicted molar refractivity (Wildman–Crippen MR) is 124 cm³/mol. The number of alkyl halides is 3. The number of pyridine rings is 1. The van der Waals surface area contributed by atoms with E-state index in [2.05, 4.69) is 16.8 Å². The zero-order chi connectivity index (χ0) is 24.8. The Morgan fingerprint density at radius 3 is 2.37 bits per heavy atom. The SMILES string of the molecule is O=C(c1ccccc1C(F)(F)F)N1CCN(c2ccc(C#CCOc3ccc(O)cc3)cn2)CC1. The predicted octanol–water partition coefficient (Wildman–Crippen LogP) is 4.20. The van der Waals surface area contributed by atoms with Crippen molar-refractivity contribution in [1.82, 2.24) is 9.88 Å². The number of nitrogens with zero attached hydrogens (tertiary/aromatic N) is 3. The molecule has 2 aromatic carbocycles. The number of hydrogen-bond acceptors (Lipinski definition) is 5. The molecule has 0 bridgehead atoms. The molecule has 9 heteroatoms. The number of amides is 1. The van der Waals surface area contributed by atoms with Gasteiger partial charge in [0.2, 0.25) is 0 Å². The van der Waals surface area contributed by atoms with Crippen molar-refractivity contribution in [2.24, 2.45) is 0 Å². The molecule has 4 rings (SSSR count). The van der Waals surface area contributed by atoms with Crippen molar-refractivity contribution in [2.75, 3.05) is 37.7 Å². The van der Waals surface area contributed by atoms with Crippen molar-refractivity contribution in [3.8, 4) is 23.3 Å². The fourth-order valence-corrected chi connectivity index (χ4v) is 3.67. The lowest BCUT2D eigenvalue weighted by Crippen LogP contribution is -2.49. The number of ether oxygens (including phenoxy) is 1. The first-order valence-electron chi connectivity index (χ1n) is 10.9. The fraction of sp³-hybridized carbons (Fsp3) is 0.231. The third-order valence-electron chi connectivity index (χ3n) is 5.48. The minimum atomic E-state index is -4.58. The zero-order valence-corrected chi connectivity index (χ0v) is 18.6. The molecule has 0 radical (unpaired) electrons. The smallest absolute Gasteiger partial charge is 0.417 e. The van der Waals surface area contributed by atoms with E-state index in [1.165, 1.54) is 35.2 Å². The van der Waals surface area contributed by atoms with Gasteiger partial charge in [0, 0.05) is 37.9 Å². The number of phenolic OH excluding ortho intramolecular Hbond substituents is 1. The number of benzene rings is 2. The molecule has 1 aliphatic rings. The van der Waals surface area contributed by atoms with Gasteiger partial charge in [0.25, 0.3) is 5.91 Å². The number of carbonyl (C=O) groups excluding carboxylic acids is 1. The maximum absolute atomic E-state index is 13.3. The van der Waals surface area contributed by atoms with Crippen LogP contribution in [0.25, 0.3) is 0 Å². The second kappa shape index (κ2) is 10.4. The van der Waals surface area contributed by atoms with E-state index in [0.29, 0.717) is 43.3 Å². The summed E-state index contributed by atoms with van der Waals surface area (Å²) in [6, 6.07) is 14.9. The Morgan fingerprint density at radius 2 is 1.71 bits per heavy atom. The van der Waals surface area contributed by atoms with Crippen LogP contribution in [0.5, 0.6) is 11.5 Å². The molecule has 1 saturated heterocycles. The summed E-state index contributed by atoms with van der Waals surface area (Å²) in [4.78, 5) is 20.6. The van der Waals surface area contributed by atoms with Crippen LogP contribution in [0.1, 0.15) is 21.5 Å². The molecule has 3 aromatic rings. The maximum atomic E-state index is 13.3. The summed E-state index contributed by atoms with van der Waals surface area (Å²) in [5.41, 5.74) is -0.538. The van der Waals surface area contributed by atoms with Gasteiger partial charge in [0.05, 0.1) is 11.1 Å². The molecule has 1 aliphatic heterocycles. The van der Waals surface area contributed by atoms with Crippen LogP contribution in [0.4, 0.5) is 19.0 Å². The van der Waals surface area contributed by atoms with Crippen LogP contribution in [0.2, 0.25) is 0 Å². The van der Waals surface area contributed by atoms with Crippen LogP contribution in [-0.4, -0.2) is 53.7 Å². The van der Waals surface area contributed by atoms with Crippen LogP contribution in [0.3, 0.4) is 0 Å². The zero-order valence-electron chi connectivity index (χ0n) is 18.6. The Morgan fingerprint density at radius 1 is 1.00 bits per heavy atom.